The smallest absolute Gasteiger partial charge is 0.330 e. The lowest BCUT2D eigenvalue weighted by atomic mass is 10.1. The molecule has 0 atom stereocenters. The molecule has 0 unspecified atom stereocenters. The largest absolute Gasteiger partial charge is 0.463 e. The number of carbonyl (C=O) groups is 1. The zero-order chi connectivity index (χ0) is 20.1. The van der Waals surface area contributed by atoms with Gasteiger partial charge in [-0.05, 0) is 44.5 Å². The molecule has 3 aromatic heterocycles. The Hall–Kier alpha value is -3.48. The van der Waals surface area contributed by atoms with E-state index in [1.54, 1.807) is 30.0 Å². The van der Waals surface area contributed by atoms with Crippen LogP contribution in [0.5, 0.6) is 0 Å². The summed E-state index contributed by atoms with van der Waals surface area (Å²) in [5, 5.41) is 3.95. The summed E-state index contributed by atoms with van der Waals surface area (Å²) in [6.07, 6.45) is 6.21. The van der Waals surface area contributed by atoms with Crippen molar-refractivity contribution in [2.45, 2.75) is 27.3 Å². The van der Waals surface area contributed by atoms with Crippen LogP contribution in [0.15, 0.2) is 47.5 Å². The summed E-state index contributed by atoms with van der Waals surface area (Å²) in [4.78, 5) is 33.1. The van der Waals surface area contributed by atoms with Crippen molar-refractivity contribution < 1.29 is 9.53 Å². The molecule has 7 nitrogen and oxygen atoms in total. The lowest BCUT2D eigenvalue weighted by Gasteiger charge is -2.11. The SMILES string of the molecule is CCOC(=O)C=Cc1cc2cnc(Nc3ccc(C)cn3)cc2n(CC)c1=O. The number of carbonyl (C=O) groups excluding carboxylic acids is 1. The van der Waals surface area contributed by atoms with Gasteiger partial charge in [0.2, 0.25) is 0 Å². The van der Waals surface area contributed by atoms with Crippen LogP contribution in [0.2, 0.25) is 0 Å². The third-order valence-corrected chi connectivity index (χ3v) is 4.18. The molecule has 0 aromatic carbocycles. The van der Waals surface area contributed by atoms with Crippen molar-refractivity contribution >= 4 is 34.6 Å². The zero-order valence-corrected chi connectivity index (χ0v) is 16.1. The lowest BCUT2D eigenvalue weighted by molar-refractivity contribution is -0.137. The molecule has 1 N–H and O–H groups in total. The first kappa shape index (κ1) is 19.3. The molecule has 0 amide bonds. The molecule has 28 heavy (non-hydrogen) atoms. The summed E-state index contributed by atoms with van der Waals surface area (Å²) in [7, 11) is 0. The van der Waals surface area contributed by atoms with Crippen molar-refractivity contribution in [3.05, 3.63) is 64.2 Å². The van der Waals surface area contributed by atoms with E-state index >= 15 is 0 Å². The monoisotopic (exact) mass is 378 g/mol. The minimum absolute atomic E-state index is 0.179. The van der Waals surface area contributed by atoms with E-state index in [-0.39, 0.29) is 12.2 Å². The number of ether oxygens (including phenoxy) is 1. The Morgan fingerprint density at radius 3 is 2.64 bits per heavy atom. The molecule has 0 aliphatic rings. The lowest BCUT2D eigenvalue weighted by Crippen LogP contribution is -2.22. The number of nitrogens with zero attached hydrogens (tertiary/aromatic N) is 3. The number of esters is 1. The number of hydrogen-bond acceptors (Lipinski definition) is 6. The van der Waals surface area contributed by atoms with Gasteiger partial charge in [0.25, 0.3) is 5.56 Å². The molecule has 0 spiro atoms. The molecule has 0 aliphatic heterocycles. The van der Waals surface area contributed by atoms with Crippen LogP contribution < -0.4 is 10.9 Å². The fraction of sp³-hybridized carbons (Fsp3) is 0.238. The van der Waals surface area contributed by atoms with Gasteiger partial charge >= 0.3 is 5.97 Å². The Kier molecular flexibility index (Phi) is 5.84. The van der Waals surface area contributed by atoms with E-state index in [0.29, 0.717) is 23.7 Å². The Balaban J connectivity index is 1.99. The number of rotatable bonds is 6. The highest BCUT2D eigenvalue weighted by atomic mass is 16.5. The number of hydrogen-bond donors (Lipinski definition) is 1. The van der Waals surface area contributed by atoms with Crippen LogP contribution >= 0.6 is 0 Å². The number of fused-ring (bicyclic) bond motifs is 1. The Labute approximate surface area is 162 Å². The Morgan fingerprint density at radius 1 is 1.18 bits per heavy atom. The molecule has 0 aliphatic carbocycles. The van der Waals surface area contributed by atoms with Crippen molar-refractivity contribution in [2.24, 2.45) is 0 Å². The molecule has 3 rings (SSSR count). The fourth-order valence-electron chi connectivity index (χ4n) is 2.82. The van der Waals surface area contributed by atoms with Gasteiger partial charge in [0, 0.05) is 42.0 Å². The van der Waals surface area contributed by atoms with E-state index in [9.17, 15) is 9.59 Å². The van der Waals surface area contributed by atoms with Gasteiger partial charge in [-0.15, -0.1) is 0 Å². The van der Waals surface area contributed by atoms with Gasteiger partial charge in [0.1, 0.15) is 11.6 Å². The molecular formula is C21H22N4O3. The highest BCUT2D eigenvalue weighted by Gasteiger charge is 2.09. The highest BCUT2D eigenvalue weighted by Crippen LogP contribution is 2.19. The van der Waals surface area contributed by atoms with E-state index < -0.39 is 5.97 Å². The van der Waals surface area contributed by atoms with Crippen LogP contribution in [0.25, 0.3) is 17.0 Å². The Morgan fingerprint density at radius 2 is 1.96 bits per heavy atom. The number of nitrogens with one attached hydrogen (secondary N) is 1. The molecule has 3 aromatic rings. The second-order valence-corrected chi connectivity index (χ2v) is 6.21. The number of pyridine rings is 3. The van der Waals surface area contributed by atoms with E-state index in [1.807, 2.05) is 32.0 Å². The number of aryl methyl sites for hydroxylation is 2. The second kappa shape index (κ2) is 8.47. The highest BCUT2D eigenvalue weighted by molar-refractivity contribution is 5.89. The molecule has 0 saturated heterocycles. The van der Waals surface area contributed by atoms with Gasteiger partial charge in [-0.3, -0.25) is 4.79 Å². The molecule has 0 saturated carbocycles. The van der Waals surface area contributed by atoms with Crippen LogP contribution in [0.4, 0.5) is 11.6 Å². The minimum atomic E-state index is -0.478. The second-order valence-electron chi connectivity index (χ2n) is 6.21. The van der Waals surface area contributed by atoms with E-state index in [1.165, 1.54) is 12.2 Å². The predicted molar refractivity (Wildman–Crippen MR) is 110 cm³/mol. The summed E-state index contributed by atoms with van der Waals surface area (Å²) in [5.41, 5.74) is 2.05. The number of aromatic nitrogens is 3. The molecule has 144 valence electrons. The fourth-order valence-corrected chi connectivity index (χ4v) is 2.82. The van der Waals surface area contributed by atoms with E-state index in [4.69, 9.17) is 4.74 Å². The summed E-state index contributed by atoms with van der Waals surface area (Å²) >= 11 is 0. The average Bonchev–Trinajstić information content (AvgIpc) is 2.68. The van der Waals surface area contributed by atoms with Crippen molar-refractivity contribution in [3.8, 4) is 0 Å². The van der Waals surface area contributed by atoms with E-state index in [2.05, 4.69) is 15.3 Å². The molecule has 7 heteroatoms. The van der Waals surface area contributed by atoms with Gasteiger partial charge < -0.3 is 14.6 Å². The molecule has 0 bridgehead atoms. The molecule has 0 radical (unpaired) electrons. The van der Waals surface area contributed by atoms with Crippen molar-refractivity contribution in [2.75, 3.05) is 11.9 Å². The minimum Gasteiger partial charge on any atom is -0.463 e. The standard InChI is InChI=1S/C21H22N4O3/c1-4-25-17-11-19(24-18-8-6-14(3)12-22-18)23-13-16(17)10-15(21(25)27)7-9-20(26)28-5-2/h6-13H,4-5H2,1-3H3,(H,22,23,24). The van der Waals surface area contributed by atoms with Crippen molar-refractivity contribution in [3.63, 3.8) is 0 Å². The van der Waals surface area contributed by atoms with Gasteiger partial charge in [0.05, 0.1) is 12.1 Å². The first-order valence-corrected chi connectivity index (χ1v) is 9.10. The maximum absolute atomic E-state index is 12.8. The van der Waals surface area contributed by atoms with Crippen LogP contribution in [0.3, 0.4) is 0 Å². The van der Waals surface area contributed by atoms with Gasteiger partial charge in [-0.1, -0.05) is 6.07 Å². The first-order valence-electron chi connectivity index (χ1n) is 9.10. The quantitative estimate of drug-likeness (QED) is 0.522. The zero-order valence-electron chi connectivity index (χ0n) is 16.1. The summed E-state index contributed by atoms with van der Waals surface area (Å²) < 4.78 is 6.51. The summed E-state index contributed by atoms with van der Waals surface area (Å²) in [6, 6.07) is 7.37. The third-order valence-electron chi connectivity index (χ3n) is 4.18. The van der Waals surface area contributed by atoms with Crippen LogP contribution in [-0.2, 0) is 16.1 Å². The van der Waals surface area contributed by atoms with Crippen LogP contribution in [0.1, 0.15) is 25.0 Å². The summed E-state index contributed by atoms with van der Waals surface area (Å²) in [5.74, 6) is 0.797. The molecule has 0 fully saturated rings. The topological polar surface area (TPSA) is 86.1 Å². The Bertz CT molecular complexity index is 1090. The number of anilines is 2. The summed E-state index contributed by atoms with van der Waals surface area (Å²) in [6.45, 7) is 6.38. The predicted octanol–water partition coefficient (Wildman–Crippen LogP) is 3.44. The van der Waals surface area contributed by atoms with E-state index in [0.717, 1.165) is 16.5 Å². The molecule has 3 heterocycles. The van der Waals surface area contributed by atoms with Gasteiger partial charge in [-0.25, -0.2) is 14.8 Å². The maximum Gasteiger partial charge on any atom is 0.330 e. The third kappa shape index (κ3) is 4.25. The van der Waals surface area contributed by atoms with Crippen LogP contribution in [-0.4, -0.2) is 27.1 Å². The normalized spacial score (nSPS) is 11.1. The van der Waals surface area contributed by atoms with Crippen molar-refractivity contribution in [1.82, 2.24) is 14.5 Å². The average molecular weight is 378 g/mol. The van der Waals surface area contributed by atoms with Crippen LogP contribution in [0, 0.1) is 6.92 Å². The van der Waals surface area contributed by atoms with Gasteiger partial charge in [0.15, 0.2) is 0 Å². The van der Waals surface area contributed by atoms with Crippen molar-refractivity contribution in [1.29, 1.82) is 0 Å². The maximum atomic E-state index is 12.8. The molecular weight excluding hydrogens is 356 g/mol. The van der Waals surface area contributed by atoms with Gasteiger partial charge in [-0.2, -0.15) is 0 Å². The first-order chi connectivity index (χ1) is 13.5.